The highest BCUT2D eigenvalue weighted by Crippen LogP contribution is 2.31. The average Bonchev–Trinajstić information content (AvgIpc) is 3.14. The van der Waals surface area contributed by atoms with Crippen LogP contribution in [0.3, 0.4) is 0 Å². The summed E-state index contributed by atoms with van der Waals surface area (Å²) >= 11 is 5.36. The number of aromatic nitrogens is 2. The van der Waals surface area contributed by atoms with E-state index in [1.54, 1.807) is 11.8 Å². The van der Waals surface area contributed by atoms with Crippen LogP contribution in [-0.4, -0.2) is 40.0 Å². The van der Waals surface area contributed by atoms with Crippen molar-refractivity contribution in [3.63, 3.8) is 0 Å². The van der Waals surface area contributed by atoms with Crippen molar-refractivity contribution in [1.29, 1.82) is 0 Å². The summed E-state index contributed by atoms with van der Waals surface area (Å²) in [4.78, 5) is 2.66. The molecular weight excluding hydrogens is 386 g/mol. The Morgan fingerprint density at radius 1 is 1.14 bits per heavy atom. The molecule has 1 atom stereocenters. The highest BCUT2D eigenvalue weighted by atomic mass is 32.1. The maximum Gasteiger partial charge on any atom is 0.288 e. The van der Waals surface area contributed by atoms with Gasteiger partial charge in [-0.1, -0.05) is 30.3 Å². The number of piperidine rings is 1. The first-order valence-electron chi connectivity index (χ1n) is 9.82. The van der Waals surface area contributed by atoms with Gasteiger partial charge in [-0.2, -0.15) is 0 Å². The number of aliphatic hydroxyl groups is 1. The van der Waals surface area contributed by atoms with Crippen molar-refractivity contribution >= 4 is 12.2 Å². The molecule has 4 rings (SSSR count). The van der Waals surface area contributed by atoms with E-state index in [0.717, 1.165) is 42.8 Å². The smallest absolute Gasteiger partial charge is 0.288 e. The molecule has 0 saturated carbocycles. The van der Waals surface area contributed by atoms with Gasteiger partial charge in [0.05, 0.1) is 19.9 Å². The number of aliphatic hydroxyl groups excluding tert-OH is 1. The van der Waals surface area contributed by atoms with Gasteiger partial charge in [-0.25, -0.2) is 4.68 Å². The van der Waals surface area contributed by atoms with Crippen molar-refractivity contribution in [3.05, 3.63) is 65.0 Å². The second kappa shape index (κ2) is 8.90. The molecule has 0 aliphatic carbocycles. The summed E-state index contributed by atoms with van der Waals surface area (Å²) in [5.41, 5.74) is 1.86. The predicted octanol–water partition coefficient (Wildman–Crippen LogP) is 4.28. The minimum Gasteiger partial charge on any atom is -0.497 e. The molecule has 2 aromatic carbocycles. The third-order valence-corrected chi connectivity index (χ3v) is 5.79. The summed E-state index contributed by atoms with van der Waals surface area (Å²) in [5, 5.41) is 15.2. The second-order valence-corrected chi connectivity index (χ2v) is 7.70. The Bertz CT molecular complexity index is 977. The lowest BCUT2D eigenvalue weighted by molar-refractivity contribution is 0.0476. The van der Waals surface area contributed by atoms with E-state index in [2.05, 4.69) is 10.00 Å². The van der Waals surface area contributed by atoms with Gasteiger partial charge in [0, 0.05) is 18.7 Å². The Kier molecular flexibility index (Phi) is 6.08. The van der Waals surface area contributed by atoms with Crippen LogP contribution in [-0.2, 0) is 6.67 Å². The van der Waals surface area contributed by atoms with Gasteiger partial charge in [-0.15, -0.1) is 5.10 Å². The lowest BCUT2D eigenvalue weighted by Crippen LogP contribution is -2.37. The van der Waals surface area contributed by atoms with Gasteiger partial charge < -0.3 is 14.3 Å². The molecule has 0 amide bonds. The number of hydrogen-bond acceptors (Lipinski definition) is 6. The molecule has 1 aliphatic heterocycles. The lowest BCUT2D eigenvalue weighted by Gasteiger charge is -2.34. The van der Waals surface area contributed by atoms with Crippen LogP contribution in [0, 0.1) is 10.8 Å². The molecule has 6 nitrogen and oxygen atoms in total. The van der Waals surface area contributed by atoms with E-state index in [1.807, 2.05) is 54.6 Å². The predicted molar refractivity (Wildman–Crippen MR) is 113 cm³/mol. The van der Waals surface area contributed by atoms with E-state index in [0.29, 0.717) is 17.4 Å². The molecule has 0 radical (unpaired) electrons. The van der Waals surface area contributed by atoms with Crippen molar-refractivity contribution in [1.82, 2.24) is 14.7 Å². The molecular formula is C22H25N3O3S. The molecule has 1 aliphatic rings. The molecule has 1 aromatic heterocycles. The molecule has 29 heavy (non-hydrogen) atoms. The maximum atomic E-state index is 10.7. The first-order valence-corrected chi connectivity index (χ1v) is 10.2. The van der Waals surface area contributed by atoms with Crippen LogP contribution < -0.4 is 4.74 Å². The van der Waals surface area contributed by atoms with Gasteiger partial charge in [-0.3, -0.25) is 4.90 Å². The summed E-state index contributed by atoms with van der Waals surface area (Å²) in [6.07, 6.45) is 1.47. The Balaban J connectivity index is 1.37. The Hall–Kier alpha value is -2.48. The summed E-state index contributed by atoms with van der Waals surface area (Å²) in [6.45, 7) is 2.37. The molecule has 1 saturated heterocycles. The molecule has 0 bridgehead atoms. The highest BCUT2D eigenvalue weighted by Gasteiger charge is 2.26. The normalized spacial score (nSPS) is 16.6. The van der Waals surface area contributed by atoms with Gasteiger partial charge in [0.25, 0.3) is 4.84 Å². The zero-order valence-electron chi connectivity index (χ0n) is 16.4. The summed E-state index contributed by atoms with van der Waals surface area (Å²) in [5.74, 6) is 1.56. The quantitative estimate of drug-likeness (QED) is 0.611. The molecule has 0 unspecified atom stereocenters. The third-order valence-electron chi connectivity index (χ3n) is 5.50. The number of rotatable bonds is 6. The third kappa shape index (κ3) is 4.58. The van der Waals surface area contributed by atoms with E-state index in [1.165, 1.54) is 0 Å². The molecule has 152 valence electrons. The maximum absolute atomic E-state index is 10.7. The van der Waals surface area contributed by atoms with Gasteiger partial charge in [-0.05, 0) is 60.8 Å². The fourth-order valence-corrected chi connectivity index (χ4v) is 3.95. The van der Waals surface area contributed by atoms with Gasteiger partial charge in [0.15, 0.2) is 0 Å². The van der Waals surface area contributed by atoms with Crippen LogP contribution in [0.15, 0.2) is 59.0 Å². The molecule has 2 heterocycles. The molecule has 0 spiro atoms. The molecule has 1 fully saturated rings. The van der Waals surface area contributed by atoms with Gasteiger partial charge >= 0.3 is 0 Å². The van der Waals surface area contributed by atoms with Crippen molar-refractivity contribution < 1.29 is 14.3 Å². The lowest BCUT2D eigenvalue weighted by atomic mass is 9.87. The number of ether oxygens (including phenoxy) is 1. The van der Waals surface area contributed by atoms with Crippen LogP contribution in [0.5, 0.6) is 5.75 Å². The first-order chi connectivity index (χ1) is 14.1. The van der Waals surface area contributed by atoms with E-state index in [-0.39, 0.29) is 5.92 Å². The Morgan fingerprint density at radius 3 is 2.48 bits per heavy atom. The summed E-state index contributed by atoms with van der Waals surface area (Å²) < 4.78 is 12.6. The van der Waals surface area contributed by atoms with Crippen LogP contribution in [0.2, 0.25) is 0 Å². The number of benzene rings is 2. The zero-order chi connectivity index (χ0) is 20.2. The fraction of sp³-hybridized carbons (Fsp3) is 0.364. The Labute approximate surface area is 175 Å². The number of nitrogens with zero attached hydrogens (tertiary/aromatic N) is 3. The molecule has 7 heteroatoms. The molecule has 1 N–H and O–H groups in total. The Morgan fingerprint density at radius 2 is 1.83 bits per heavy atom. The SMILES string of the molecule is COc1ccc(-c2nn(CN3CCC([C@H](O)c4ccccc4)CC3)c(=S)o2)cc1. The average molecular weight is 412 g/mol. The van der Waals surface area contributed by atoms with E-state index in [4.69, 9.17) is 21.4 Å². The van der Waals surface area contributed by atoms with E-state index in [9.17, 15) is 5.11 Å². The molecule has 3 aromatic rings. The van der Waals surface area contributed by atoms with Crippen LogP contribution in [0.4, 0.5) is 0 Å². The minimum absolute atomic E-state index is 0.272. The van der Waals surface area contributed by atoms with Crippen molar-refractivity contribution in [3.8, 4) is 17.2 Å². The highest BCUT2D eigenvalue weighted by molar-refractivity contribution is 7.71. The van der Waals surface area contributed by atoms with Gasteiger partial charge in [0.2, 0.25) is 5.89 Å². The summed E-state index contributed by atoms with van der Waals surface area (Å²) in [7, 11) is 1.64. The zero-order valence-corrected chi connectivity index (χ0v) is 17.2. The van der Waals surface area contributed by atoms with Gasteiger partial charge in [0.1, 0.15) is 5.75 Å². The van der Waals surface area contributed by atoms with Crippen LogP contribution >= 0.6 is 12.2 Å². The largest absolute Gasteiger partial charge is 0.497 e. The van der Waals surface area contributed by atoms with Crippen molar-refractivity contribution in [2.75, 3.05) is 20.2 Å². The van der Waals surface area contributed by atoms with Crippen molar-refractivity contribution in [2.24, 2.45) is 5.92 Å². The van der Waals surface area contributed by atoms with Crippen LogP contribution in [0.25, 0.3) is 11.5 Å². The number of likely N-dealkylation sites (tertiary alicyclic amines) is 1. The first kappa shape index (κ1) is 19.8. The fourth-order valence-electron chi connectivity index (χ4n) is 3.77. The van der Waals surface area contributed by atoms with E-state index < -0.39 is 6.10 Å². The second-order valence-electron chi connectivity index (χ2n) is 7.35. The van der Waals surface area contributed by atoms with Crippen molar-refractivity contribution in [2.45, 2.75) is 25.6 Å². The van der Waals surface area contributed by atoms with E-state index >= 15 is 0 Å². The number of methoxy groups -OCH3 is 1. The van der Waals surface area contributed by atoms with Crippen LogP contribution in [0.1, 0.15) is 24.5 Å². The summed E-state index contributed by atoms with van der Waals surface area (Å²) in [6, 6.07) is 17.5. The minimum atomic E-state index is -0.408. The number of hydrogen-bond donors (Lipinski definition) is 1. The standard InChI is InChI=1S/C22H25N3O3S/c1-27-19-9-7-18(8-10-19)21-23-25(22(29)28-21)15-24-13-11-17(12-14-24)20(26)16-5-3-2-4-6-16/h2-10,17,20,26H,11-15H2,1H3/t20-/m1/s1. The topological polar surface area (TPSA) is 63.7 Å². The monoisotopic (exact) mass is 411 g/mol.